The molecule has 0 radical (unpaired) electrons. The van der Waals surface area contributed by atoms with Gasteiger partial charge in [-0.05, 0) is 48.7 Å². The van der Waals surface area contributed by atoms with Crippen molar-refractivity contribution in [3.8, 4) is 5.75 Å². The van der Waals surface area contributed by atoms with Gasteiger partial charge in [-0.15, -0.1) is 0 Å². The van der Waals surface area contributed by atoms with Crippen molar-refractivity contribution >= 4 is 27.5 Å². The zero-order valence-electron chi connectivity index (χ0n) is 13.4. The van der Waals surface area contributed by atoms with Gasteiger partial charge in [-0.1, -0.05) is 39.7 Å². The summed E-state index contributed by atoms with van der Waals surface area (Å²) in [5.41, 5.74) is 2.23. The number of rotatable bonds is 7. The van der Waals surface area contributed by atoms with Gasteiger partial charge in [-0.3, -0.25) is 0 Å². The molecule has 1 fully saturated rings. The molecule has 5 heteroatoms. The Balaban J connectivity index is 1.58. The maximum absolute atomic E-state index is 6.01. The number of hydrogen-bond acceptors (Lipinski definition) is 3. The van der Waals surface area contributed by atoms with Gasteiger partial charge in [-0.2, -0.15) is 0 Å². The van der Waals surface area contributed by atoms with Crippen molar-refractivity contribution in [2.45, 2.75) is 32.1 Å². The van der Waals surface area contributed by atoms with Crippen LogP contribution in [-0.2, 0) is 17.9 Å². The quantitative estimate of drug-likeness (QED) is 0.700. The molecule has 128 valence electrons. The van der Waals surface area contributed by atoms with E-state index in [9.17, 15) is 0 Å². The summed E-state index contributed by atoms with van der Waals surface area (Å²) >= 11 is 9.45. The van der Waals surface area contributed by atoms with Crippen LogP contribution in [0.1, 0.15) is 24.0 Å². The molecule has 0 bridgehead atoms. The van der Waals surface area contributed by atoms with Crippen molar-refractivity contribution in [3.63, 3.8) is 0 Å². The molecule has 1 heterocycles. The minimum Gasteiger partial charge on any atom is -0.489 e. The van der Waals surface area contributed by atoms with E-state index in [1.807, 2.05) is 36.4 Å². The lowest BCUT2D eigenvalue weighted by molar-refractivity contribution is 0.110. The number of nitrogens with one attached hydrogen (secondary N) is 1. The molecule has 1 aliphatic rings. The van der Waals surface area contributed by atoms with Crippen LogP contribution >= 0.6 is 27.5 Å². The molecule has 1 aliphatic heterocycles. The molecule has 0 spiro atoms. The third-order valence-electron chi connectivity index (χ3n) is 4.04. The first-order valence-corrected chi connectivity index (χ1v) is 9.36. The molecule has 1 N–H and O–H groups in total. The molecule has 2 aromatic rings. The first-order chi connectivity index (χ1) is 11.7. The average molecular weight is 411 g/mol. The van der Waals surface area contributed by atoms with Crippen LogP contribution in [0.3, 0.4) is 0 Å². The SMILES string of the molecule is Clc1ccc(COc2ccc(Br)cc2CNCC2CCCO2)cc1. The van der Waals surface area contributed by atoms with Gasteiger partial charge in [0.1, 0.15) is 12.4 Å². The lowest BCUT2D eigenvalue weighted by Gasteiger charge is -2.15. The van der Waals surface area contributed by atoms with E-state index in [-0.39, 0.29) is 0 Å². The van der Waals surface area contributed by atoms with Crippen molar-refractivity contribution in [2.75, 3.05) is 13.2 Å². The molecule has 1 saturated heterocycles. The second-order valence-corrected chi connectivity index (χ2v) is 7.29. The van der Waals surface area contributed by atoms with Gasteiger partial charge in [0, 0.05) is 34.8 Å². The molecular formula is C19H21BrClNO2. The Morgan fingerprint density at radius 1 is 1.21 bits per heavy atom. The van der Waals surface area contributed by atoms with E-state index >= 15 is 0 Å². The molecule has 0 amide bonds. The highest BCUT2D eigenvalue weighted by Crippen LogP contribution is 2.24. The Morgan fingerprint density at radius 2 is 2.04 bits per heavy atom. The minimum absolute atomic E-state index is 0.343. The summed E-state index contributed by atoms with van der Waals surface area (Å²) in [4.78, 5) is 0. The maximum Gasteiger partial charge on any atom is 0.124 e. The zero-order chi connectivity index (χ0) is 16.8. The molecule has 1 unspecified atom stereocenters. The third kappa shape index (κ3) is 5.21. The molecule has 0 aromatic heterocycles. The van der Waals surface area contributed by atoms with Crippen LogP contribution in [0, 0.1) is 0 Å². The standard InChI is InChI=1S/C19H21BrClNO2/c20-16-5-8-19(24-13-14-3-6-17(21)7-4-14)15(10-16)11-22-12-18-2-1-9-23-18/h3-8,10,18,22H,1-2,9,11-13H2. The Kier molecular flexibility index (Phi) is 6.55. The highest BCUT2D eigenvalue weighted by Gasteiger charge is 2.15. The van der Waals surface area contributed by atoms with Gasteiger partial charge in [-0.25, -0.2) is 0 Å². The largest absolute Gasteiger partial charge is 0.489 e. The lowest BCUT2D eigenvalue weighted by Crippen LogP contribution is -2.26. The summed E-state index contributed by atoms with van der Waals surface area (Å²) in [5, 5.41) is 4.21. The predicted octanol–water partition coefficient (Wildman–Crippen LogP) is 4.95. The summed E-state index contributed by atoms with van der Waals surface area (Å²) in [5.74, 6) is 0.896. The first kappa shape index (κ1) is 17.7. The second-order valence-electron chi connectivity index (χ2n) is 5.93. The van der Waals surface area contributed by atoms with E-state index in [1.165, 1.54) is 6.42 Å². The second kappa shape index (κ2) is 8.86. The first-order valence-electron chi connectivity index (χ1n) is 8.19. The van der Waals surface area contributed by atoms with Gasteiger partial charge in [0.25, 0.3) is 0 Å². The Hall–Kier alpha value is -1.07. The highest BCUT2D eigenvalue weighted by molar-refractivity contribution is 9.10. The van der Waals surface area contributed by atoms with Crippen LogP contribution in [0.25, 0.3) is 0 Å². The van der Waals surface area contributed by atoms with Crippen LogP contribution in [-0.4, -0.2) is 19.3 Å². The topological polar surface area (TPSA) is 30.5 Å². The van der Waals surface area contributed by atoms with E-state index in [0.29, 0.717) is 12.7 Å². The number of hydrogen-bond donors (Lipinski definition) is 1. The maximum atomic E-state index is 6.01. The molecule has 2 aromatic carbocycles. The summed E-state index contributed by atoms with van der Waals surface area (Å²) in [7, 11) is 0. The summed E-state index contributed by atoms with van der Waals surface area (Å²) in [6.07, 6.45) is 2.65. The molecular weight excluding hydrogens is 390 g/mol. The van der Waals surface area contributed by atoms with E-state index in [2.05, 4.69) is 27.3 Å². The van der Waals surface area contributed by atoms with Crippen molar-refractivity contribution in [1.82, 2.24) is 5.32 Å². The van der Waals surface area contributed by atoms with Crippen LogP contribution in [0.5, 0.6) is 5.75 Å². The molecule has 3 rings (SSSR count). The smallest absolute Gasteiger partial charge is 0.124 e. The van der Waals surface area contributed by atoms with Crippen molar-refractivity contribution in [1.29, 1.82) is 0 Å². The van der Waals surface area contributed by atoms with Crippen LogP contribution in [0.15, 0.2) is 46.9 Å². The Bertz CT molecular complexity index is 657. The monoisotopic (exact) mass is 409 g/mol. The fraction of sp³-hybridized carbons (Fsp3) is 0.368. The van der Waals surface area contributed by atoms with E-state index in [4.69, 9.17) is 21.1 Å². The molecule has 0 saturated carbocycles. The highest BCUT2D eigenvalue weighted by atomic mass is 79.9. The van der Waals surface area contributed by atoms with Gasteiger partial charge in [0.2, 0.25) is 0 Å². The minimum atomic E-state index is 0.343. The van der Waals surface area contributed by atoms with Crippen molar-refractivity contribution < 1.29 is 9.47 Å². The van der Waals surface area contributed by atoms with Crippen LogP contribution in [0.4, 0.5) is 0 Å². The van der Waals surface area contributed by atoms with E-state index < -0.39 is 0 Å². The number of benzene rings is 2. The lowest BCUT2D eigenvalue weighted by atomic mass is 10.2. The summed E-state index contributed by atoms with van der Waals surface area (Å²) in [6, 6.07) is 13.8. The Morgan fingerprint density at radius 3 is 2.79 bits per heavy atom. The number of ether oxygens (including phenoxy) is 2. The zero-order valence-corrected chi connectivity index (χ0v) is 15.8. The summed E-state index contributed by atoms with van der Waals surface area (Å²) in [6.45, 7) is 3.05. The summed E-state index contributed by atoms with van der Waals surface area (Å²) < 4.78 is 12.7. The van der Waals surface area contributed by atoms with E-state index in [1.54, 1.807) is 0 Å². The van der Waals surface area contributed by atoms with Gasteiger partial charge in [0.05, 0.1) is 6.10 Å². The van der Waals surface area contributed by atoms with E-state index in [0.717, 1.165) is 52.5 Å². The Labute approximate surface area is 156 Å². The molecule has 0 aliphatic carbocycles. The fourth-order valence-corrected chi connectivity index (χ4v) is 3.28. The molecule has 1 atom stereocenters. The average Bonchev–Trinajstić information content (AvgIpc) is 3.09. The van der Waals surface area contributed by atoms with Crippen LogP contribution < -0.4 is 10.1 Å². The van der Waals surface area contributed by atoms with Gasteiger partial charge < -0.3 is 14.8 Å². The van der Waals surface area contributed by atoms with Crippen molar-refractivity contribution in [2.24, 2.45) is 0 Å². The third-order valence-corrected chi connectivity index (χ3v) is 4.79. The normalized spacial score (nSPS) is 17.2. The predicted molar refractivity (Wildman–Crippen MR) is 101 cm³/mol. The molecule has 24 heavy (non-hydrogen) atoms. The number of halogens is 2. The van der Waals surface area contributed by atoms with Crippen molar-refractivity contribution in [3.05, 3.63) is 63.1 Å². The van der Waals surface area contributed by atoms with Gasteiger partial charge >= 0.3 is 0 Å². The van der Waals surface area contributed by atoms with Gasteiger partial charge in [0.15, 0.2) is 0 Å². The fourth-order valence-electron chi connectivity index (χ4n) is 2.74. The van der Waals surface area contributed by atoms with Crippen LogP contribution in [0.2, 0.25) is 5.02 Å². The molecule has 3 nitrogen and oxygen atoms in total.